The van der Waals surface area contributed by atoms with Gasteiger partial charge in [-0.2, -0.15) is 13.2 Å². The molecule has 0 saturated carbocycles. The molecule has 0 aliphatic heterocycles. The van der Waals surface area contributed by atoms with E-state index in [-0.39, 0.29) is 12.1 Å². The fourth-order valence-corrected chi connectivity index (χ4v) is 1.50. The fraction of sp³-hybridized carbons (Fsp3) is 0.167. The summed E-state index contributed by atoms with van der Waals surface area (Å²) < 4.78 is 37.5. The third-order valence-electron chi connectivity index (χ3n) is 2.42. The first-order chi connectivity index (χ1) is 8.97. The minimum atomic E-state index is -4.46. The first-order valence-electron chi connectivity index (χ1n) is 5.40. The lowest BCUT2D eigenvalue weighted by Gasteiger charge is -2.08. The molecule has 0 bridgehead atoms. The largest absolute Gasteiger partial charge is 0.416 e. The van der Waals surface area contributed by atoms with Gasteiger partial charge in [-0.05, 0) is 18.2 Å². The molecule has 0 fully saturated rings. The Balaban J connectivity index is 2.07. The third kappa shape index (κ3) is 3.34. The second kappa shape index (κ2) is 5.13. The van der Waals surface area contributed by atoms with Crippen molar-refractivity contribution in [2.75, 3.05) is 0 Å². The molecule has 7 heteroatoms. The van der Waals surface area contributed by atoms with Crippen molar-refractivity contribution < 1.29 is 18.0 Å². The average Bonchev–Trinajstić information content (AvgIpc) is 2.88. The third-order valence-corrected chi connectivity index (χ3v) is 2.42. The van der Waals surface area contributed by atoms with E-state index in [4.69, 9.17) is 0 Å². The molecule has 0 atom stereocenters. The Kier molecular flexibility index (Phi) is 3.55. The summed E-state index contributed by atoms with van der Waals surface area (Å²) in [4.78, 5) is 18.4. The van der Waals surface area contributed by atoms with Crippen molar-refractivity contribution in [1.82, 2.24) is 15.3 Å². The van der Waals surface area contributed by atoms with Crippen LogP contribution in [0.3, 0.4) is 0 Å². The molecule has 1 amide bonds. The number of nitrogens with one attached hydrogen (secondary N) is 2. The van der Waals surface area contributed by atoms with Crippen molar-refractivity contribution >= 4 is 5.91 Å². The van der Waals surface area contributed by atoms with Crippen LogP contribution in [0, 0.1) is 0 Å². The SMILES string of the molecule is O=C(NCc1ncc[nH]1)c1cccc(C(F)(F)F)c1. The highest BCUT2D eigenvalue weighted by Gasteiger charge is 2.30. The normalized spacial score (nSPS) is 11.3. The van der Waals surface area contributed by atoms with E-state index in [0.717, 1.165) is 12.1 Å². The summed E-state index contributed by atoms with van der Waals surface area (Å²) in [7, 11) is 0. The van der Waals surface area contributed by atoms with Crippen LogP contribution in [0.15, 0.2) is 36.7 Å². The zero-order valence-corrected chi connectivity index (χ0v) is 9.66. The Morgan fingerprint density at radius 1 is 1.37 bits per heavy atom. The number of aromatic nitrogens is 2. The van der Waals surface area contributed by atoms with Crippen molar-refractivity contribution in [2.24, 2.45) is 0 Å². The zero-order chi connectivity index (χ0) is 13.9. The number of aromatic amines is 1. The molecule has 0 spiro atoms. The summed E-state index contributed by atoms with van der Waals surface area (Å²) >= 11 is 0. The predicted octanol–water partition coefficient (Wildman–Crippen LogP) is 2.36. The number of benzene rings is 1. The van der Waals surface area contributed by atoms with Gasteiger partial charge in [-0.15, -0.1) is 0 Å². The van der Waals surface area contributed by atoms with E-state index < -0.39 is 17.6 Å². The van der Waals surface area contributed by atoms with Crippen molar-refractivity contribution in [3.63, 3.8) is 0 Å². The van der Waals surface area contributed by atoms with E-state index in [1.165, 1.54) is 18.3 Å². The Morgan fingerprint density at radius 3 is 2.79 bits per heavy atom. The number of amides is 1. The number of H-pyrrole nitrogens is 1. The van der Waals surface area contributed by atoms with Gasteiger partial charge >= 0.3 is 6.18 Å². The van der Waals surface area contributed by atoms with Crippen LogP contribution in [0.25, 0.3) is 0 Å². The first kappa shape index (κ1) is 13.1. The van der Waals surface area contributed by atoms with E-state index in [1.54, 1.807) is 6.20 Å². The summed E-state index contributed by atoms with van der Waals surface area (Å²) in [5.41, 5.74) is -0.889. The average molecular weight is 269 g/mol. The van der Waals surface area contributed by atoms with Crippen LogP contribution in [-0.2, 0) is 12.7 Å². The van der Waals surface area contributed by atoms with Gasteiger partial charge in [0.05, 0.1) is 12.1 Å². The van der Waals surface area contributed by atoms with Gasteiger partial charge in [0.15, 0.2) is 0 Å². The first-order valence-corrected chi connectivity index (χ1v) is 5.40. The number of hydrogen-bond donors (Lipinski definition) is 2. The smallest absolute Gasteiger partial charge is 0.347 e. The van der Waals surface area contributed by atoms with Crippen LogP contribution in [-0.4, -0.2) is 15.9 Å². The molecule has 2 N–H and O–H groups in total. The van der Waals surface area contributed by atoms with Gasteiger partial charge in [0.25, 0.3) is 5.91 Å². The topological polar surface area (TPSA) is 57.8 Å². The van der Waals surface area contributed by atoms with E-state index >= 15 is 0 Å². The van der Waals surface area contributed by atoms with E-state index in [1.807, 2.05) is 0 Å². The minimum absolute atomic E-state index is 0.0404. The number of halogens is 3. The van der Waals surface area contributed by atoms with Crippen LogP contribution in [0.1, 0.15) is 21.7 Å². The van der Waals surface area contributed by atoms with E-state index in [0.29, 0.717) is 5.82 Å². The number of imidazole rings is 1. The van der Waals surface area contributed by atoms with Crippen LogP contribution in [0.4, 0.5) is 13.2 Å². The Morgan fingerprint density at radius 2 is 2.16 bits per heavy atom. The second-order valence-corrected chi connectivity index (χ2v) is 3.80. The number of alkyl halides is 3. The van der Waals surface area contributed by atoms with E-state index in [9.17, 15) is 18.0 Å². The molecule has 100 valence electrons. The maximum absolute atomic E-state index is 12.5. The second-order valence-electron chi connectivity index (χ2n) is 3.80. The number of carbonyl (C=O) groups is 1. The van der Waals surface area contributed by atoms with Crippen molar-refractivity contribution in [1.29, 1.82) is 0 Å². The monoisotopic (exact) mass is 269 g/mol. The molecule has 1 heterocycles. The highest BCUT2D eigenvalue weighted by atomic mass is 19.4. The standard InChI is InChI=1S/C12H10F3N3O/c13-12(14,15)9-3-1-2-8(6-9)11(19)18-7-10-16-4-5-17-10/h1-6H,7H2,(H,16,17)(H,18,19). The van der Waals surface area contributed by atoms with Crippen LogP contribution in [0.5, 0.6) is 0 Å². The van der Waals surface area contributed by atoms with Gasteiger partial charge in [-0.1, -0.05) is 6.07 Å². The summed E-state index contributed by atoms with van der Waals surface area (Å²) in [5, 5.41) is 2.48. The number of carbonyl (C=O) groups excluding carboxylic acids is 1. The molecular formula is C12H10F3N3O. The molecule has 0 radical (unpaired) electrons. The number of hydrogen-bond acceptors (Lipinski definition) is 2. The molecule has 0 aliphatic carbocycles. The maximum Gasteiger partial charge on any atom is 0.416 e. The number of rotatable bonds is 3. The minimum Gasteiger partial charge on any atom is -0.347 e. The lowest BCUT2D eigenvalue weighted by Crippen LogP contribution is -2.23. The molecule has 4 nitrogen and oxygen atoms in total. The fourth-order valence-electron chi connectivity index (χ4n) is 1.50. The summed E-state index contributed by atoms with van der Waals surface area (Å²) in [6.45, 7) is 0.127. The van der Waals surface area contributed by atoms with Crippen LogP contribution >= 0.6 is 0 Å². The lowest BCUT2D eigenvalue weighted by molar-refractivity contribution is -0.137. The molecule has 2 rings (SSSR count). The molecule has 1 aromatic heterocycles. The molecular weight excluding hydrogens is 259 g/mol. The van der Waals surface area contributed by atoms with Crippen molar-refractivity contribution in [2.45, 2.75) is 12.7 Å². The van der Waals surface area contributed by atoms with Gasteiger partial charge in [0.1, 0.15) is 5.82 Å². The zero-order valence-electron chi connectivity index (χ0n) is 9.66. The van der Waals surface area contributed by atoms with Gasteiger partial charge in [-0.3, -0.25) is 4.79 Å². The van der Waals surface area contributed by atoms with Crippen molar-refractivity contribution in [3.05, 3.63) is 53.6 Å². The van der Waals surface area contributed by atoms with Gasteiger partial charge < -0.3 is 10.3 Å². The molecule has 1 aromatic carbocycles. The summed E-state index contributed by atoms with van der Waals surface area (Å²) in [6, 6.07) is 4.26. The molecule has 0 aliphatic rings. The predicted molar refractivity (Wildman–Crippen MR) is 61.2 cm³/mol. The Hall–Kier alpha value is -2.31. The van der Waals surface area contributed by atoms with Gasteiger partial charge in [0.2, 0.25) is 0 Å². The summed E-state index contributed by atoms with van der Waals surface area (Å²) in [6.07, 6.45) is -1.35. The van der Waals surface area contributed by atoms with Crippen LogP contribution < -0.4 is 5.32 Å². The number of nitrogens with zero attached hydrogens (tertiary/aromatic N) is 1. The van der Waals surface area contributed by atoms with Gasteiger partial charge in [-0.25, -0.2) is 4.98 Å². The van der Waals surface area contributed by atoms with Crippen LogP contribution in [0.2, 0.25) is 0 Å². The molecule has 19 heavy (non-hydrogen) atoms. The molecule has 0 unspecified atom stereocenters. The Bertz CT molecular complexity index is 564. The highest BCUT2D eigenvalue weighted by Crippen LogP contribution is 2.29. The Labute approximate surface area is 106 Å². The quantitative estimate of drug-likeness (QED) is 0.898. The molecule has 2 aromatic rings. The summed E-state index contributed by atoms with van der Waals surface area (Å²) in [5.74, 6) is -0.0529. The molecule has 0 saturated heterocycles. The highest BCUT2D eigenvalue weighted by molar-refractivity contribution is 5.94. The maximum atomic E-state index is 12.5. The van der Waals surface area contributed by atoms with E-state index in [2.05, 4.69) is 15.3 Å². The van der Waals surface area contributed by atoms with Crippen molar-refractivity contribution in [3.8, 4) is 0 Å². The lowest BCUT2D eigenvalue weighted by atomic mass is 10.1. The van der Waals surface area contributed by atoms with Gasteiger partial charge in [0, 0.05) is 18.0 Å².